The second-order valence-corrected chi connectivity index (χ2v) is 8.19. The molecule has 1 aromatic carbocycles. The molecule has 4 rings (SSSR count). The molecule has 0 radical (unpaired) electrons. The summed E-state index contributed by atoms with van der Waals surface area (Å²) in [5.41, 5.74) is 3.82. The van der Waals surface area contributed by atoms with Gasteiger partial charge in [0, 0.05) is 47.6 Å². The lowest BCUT2D eigenvalue weighted by atomic mass is 10.1. The van der Waals surface area contributed by atoms with Crippen LogP contribution in [0, 0.1) is 6.92 Å². The Kier molecular flexibility index (Phi) is 5.85. The Morgan fingerprint density at radius 3 is 2.53 bits per heavy atom. The number of fused-ring (bicyclic) bond motifs is 1. The number of carbonyl (C=O) groups is 2. The lowest BCUT2D eigenvalue weighted by Crippen LogP contribution is -2.38. The van der Waals surface area contributed by atoms with Crippen molar-refractivity contribution in [3.8, 4) is 0 Å². The van der Waals surface area contributed by atoms with Crippen LogP contribution in [0.25, 0.3) is 11.0 Å². The van der Waals surface area contributed by atoms with E-state index in [1.807, 2.05) is 35.7 Å². The summed E-state index contributed by atoms with van der Waals surface area (Å²) in [4.78, 5) is 35.8. The molecule has 8 heteroatoms. The average Bonchev–Trinajstić information content (AvgIpc) is 2.79. The first-order chi connectivity index (χ1) is 14.6. The molecule has 0 unspecified atom stereocenters. The van der Waals surface area contributed by atoms with Crippen molar-refractivity contribution in [3.05, 3.63) is 59.4 Å². The van der Waals surface area contributed by atoms with Gasteiger partial charge >= 0.3 is 5.97 Å². The number of amides is 1. The maximum Gasteiger partial charge on any atom is 0.337 e. The quantitative estimate of drug-likeness (QED) is 0.642. The van der Waals surface area contributed by atoms with E-state index < -0.39 is 5.97 Å². The van der Waals surface area contributed by atoms with E-state index in [0.717, 1.165) is 41.4 Å². The van der Waals surface area contributed by atoms with E-state index in [9.17, 15) is 9.59 Å². The second-order valence-electron chi connectivity index (χ2n) is 6.97. The summed E-state index contributed by atoms with van der Waals surface area (Å²) in [5, 5.41) is 4.13. The highest BCUT2D eigenvalue weighted by atomic mass is 32.2. The smallest absolute Gasteiger partial charge is 0.337 e. The van der Waals surface area contributed by atoms with E-state index in [2.05, 4.69) is 15.3 Å². The third kappa shape index (κ3) is 4.09. The van der Waals surface area contributed by atoms with Gasteiger partial charge in [-0.05, 0) is 43.3 Å². The Balaban J connectivity index is 1.75. The molecule has 7 nitrogen and oxygen atoms in total. The molecular weight excluding hydrogens is 400 g/mol. The minimum Gasteiger partial charge on any atom is -0.465 e. The van der Waals surface area contributed by atoms with Gasteiger partial charge in [-0.3, -0.25) is 4.79 Å². The highest BCUT2D eigenvalue weighted by molar-refractivity contribution is 7.99. The third-order valence-electron chi connectivity index (χ3n) is 4.97. The molecule has 1 saturated heterocycles. The number of hydrogen-bond donors (Lipinski definition) is 1. The Morgan fingerprint density at radius 2 is 1.83 bits per heavy atom. The van der Waals surface area contributed by atoms with Gasteiger partial charge in [-0.2, -0.15) is 11.8 Å². The summed E-state index contributed by atoms with van der Waals surface area (Å²) in [7, 11) is 1.35. The summed E-state index contributed by atoms with van der Waals surface area (Å²) >= 11 is 1.85. The molecule has 154 valence electrons. The molecule has 1 aliphatic rings. The van der Waals surface area contributed by atoms with Gasteiger partial charge in [0.2, 0.25) is 0 Å². The maximum absolute atomic E-state index is 13.3. The first-order valence-corrected chi connectivity index (χ1v) is 10.8. The summed E-state index contributed by atoms with van der Waals surface area (Å²) in [5.74, 6) is 1.43. The lowest BCUT2D eigenvalue weighted by molar-refractivity contribution is 0.0600. The van der Waals surface area contributed by atoms with Crippen molar-refractivity contribution in [2.75, 3.05) is 37.0 Å². The molecule has 2 aromatic heterocycles. The van der Waals surface area contributed by atoms with E-state index in [0.29, 0.717) is 22.5 Å². The monoisotopic (exact) mass is 422 g/mol. The van der Waals surface area contributed by atoms with Crippen LogP contribution in [0.15, 0.2) is 42.6 Å². The molecule has 0 aliphatic carbocycles. The number of benzene rings is 1. The van der Waals surface area contributed by atoms with Crippen molar-refractivity contribution in [1.29, 1.82) is 0 Å². The fourth-order valence-electron chi connectivity index (χ4n) is 3.36. The number of anilines is 2. The molecule has 1 N–H and O–H groups in total. The van der Waals surface area contributed by atoms with Crippen LogP contribution in [0.5, 0.6) is 0 Å². The van der Waals surface area contributed by atoms with Crippen LogP contribution in [-0.2, 0) is 4.74 Å². The van der Waals surface area contributed by atoms with E-state index in [1.54, 1.807) is 30.5 Å². The highest BCUT2D eigenvalue weighted by Crippen LogP contribution is 2.30. The molecule has 3 aromatic rings. The standard InChI is InChI=1S/C22H22N4O3S/c1-14-3-8-17-19(25-16-6-4-15(5-7-16)22(28)29-2)18(13-23-20(17)24-14)21(27)26-9-11-30-12-10-26/h3-8,13H,9-12H2,1-2H3,(H,23,24,25). The van der Waals surface area contributed by atoms with Gasteiger partial charge in [-0.15, -0.1) is 0 Å². The van der Waals surface area contributed by atoms with Crippen LogP contribution in [-0.4, -0.2) is 58.4 Å². The first-order valence-electron chi connectivity index (χ1n) is 9.65. The number of nitrogens with zero attached hydrogens (tertiary/aromatic N) is 3. The van der Waals surface area contributed by atoms with Gasteiger partial charge in [0.1, 0.15) is 0 Å². The van der Waals surface area contributed by atoms with E-state index in [1.165, 1.54) is 7.11 Å². The lowest BCUT2D eigenvalue weighted by Gasteiger charge is -2.27. The van der Waals surface area contributed by atoms with E-state index >= 15 is 0 Å². The van der Waals surface area contributed by atoms with Crippen molar-refractivity contribution in [3.63, 3.8) is 0 Å². The number of aromatic nitrogens is 2. The van der Waals surface area contributed by atoms with Gasteiger partial charge in [0.25, 0.3) is 5.91 Å². The van der Waals surface area contributed by atoms with Gasteiger partial charge in [-0.25, -0.2) is 14.8 Å². The van der Waals surface area contributed by atoms with Gasteiger partial charge in [0.15, 0.2) is 5.65 Å². The molecule has 30 heavy (non-hydrogen) atoms. The predicted molar refractivity (Wildman–Crippen MR) is 119 cm³/mol. The topological polar surface area (TPSA) is 84.4 Å². The van der Waals surface area contributed by atoms with Crippen molar-refractivity contribution >= 4 is 46.0 Å². The number of rotatable bonds is 4. The fourth-order valence-corrected chi connectivity index (χ4v) is 4.26. The summed E-state index contributed by atoms with van der Waals surface area (Å²) in [6.45, 7) is 3.35. The molecule has 1 fully saturated rings. The molecule has 1 aliphatic heterocycles. The predicted octanol–water partition coefficient (Wildman–Crippen LogP) is 3.66. The van der Waals surface area contributed by atoms with Gasteiger partial charge < -0.3 is 15.0 Å². The minimum absolute atomic E-state index is 0.0426. The molecule has 3 heterocycles. The van der Waals surface area contributed by atoms with E-state index in [-0.39, 0.29) is 5.91 Å². The summed E-state index contributed by atoms with van der Waals surface area (Å²) < 4.78 is 4.75. The molecule has 0 spiro atoms. The molecule has 0 bridgehead atoms. The zero-order chi connectivity index (χ0) is 21.1. The van der Waals surface area contributed by atoms with Crippen LogP contribution in [0.3, 0.4) is 0 Å². The van der Waals surface area contributed by atoms with Crippen LogP contribution in [0.1, 0.15) is 26.4 Å². The molecule has 1 amide bonds. The van der Waals surface area contributed by atoms with Crippen molar-refractivity contribution in [2.24, 2.45) is 0 Å². The van der Waals surface area contributed by atoms with E-state index in [4.69, 9.17) is 4.74 Å². The SMILES string of the molecule is COC(=O)c1ccc(Nc2c(C(=O)N3CCSCC3)cnc3nc(C)ccc23)cc1. The number of thioether (sulfide) groups is 1. The van der Waals surface area contributed by atoms with Crippen molar-refractivity contribution in [1.82, 2.24) is 14.9 Å². The van der Waals surface area contributed by atoms with Crippen LogP contribution < -0.4 is 5.32 Å². The van der Waals surface area contributed by atoms with Crippen LogP contribution >= 0.6 is 11.8 Å². The number of carbonyl (C=O) groups excluding carboxylic acids is 2. The van der Waals surface area contributed by atoms with Gasteiger partial charge in [-0.1, -0.05) is 0 Å². The highest BCUT2D eigenvalue weighted by Gasteiger charge is 2.23. The fraction of sp³-hybridized carbons (Fsp3) is 0.273. The van der Waals surface area contributed by atoms with Crippen molar-refractivity contribution < 1.29 is 14.3 Å². The van der Waals surface area contributed by atoms with Crippen LogP contribution in [0.4, 0.5) is 11.4 Å². The van der Waals surface area contributed by atoms with Gasteiger partial charge in [0.05, 0.1) is 23.9 Å². The number of ether oxygens (including phenoxy) is 1. The number of esters is 1. The average molecular weight is 423 g/mol. The third-order valence-corrected chi connectivity index (χ3v) is 5.92. The molecule has 0 saturated carbocycles. The Labute approximate surface area is 178 Å². The number of aryl methyl sites for hydroxylation is 1. The Morgan fingerprint density at radius 1 is 1.10 bits per heavy atom. The van der Waals surface area contributed by atoms with Crippen molar-refractivity contribution in [2.45, 2.75) is 6.92 Å². The normalized spacial score (nSPS) is 13.9. The first kappa shape index (κ1) is 20.2. The van der Waals surface area contributed by atoms with Crippen LogP contribution in [0.2, 0.25) is 0 Å². The minimum atomic E-state index is -0.394. The Hall–Kier alpha value is -3.13. The maximum atomic E-state index is 13.3. The number of hydrogen-bond acceptors (Lipinski definition) is 7. The molecule has 0 atom stereocenters. The number of nitrogens with one attached hydrogen (secondary N) is 1. The zero-order valence-electron chi connectivity index (χ0n) is 16.8. The summed E-state index contributed by atoms with van der Waals surface area (Å²) in [6.07, 6.45) is 1.60. The number of pyridine rings is 2. The number of methoxy groups -OCH3 is 1. The largest absolute Gasteiger partial charge is 0.465 e. The Bertz CT molecular complexity index is 1100. The summed E-state index contributed by atoms with van der Waals surface area (Å²) in [6, 6.07) is 10.8. The zero-order valence-corrected chi connectivity index (χ0v) is 17.7. The molecular formula is C22H22N4O3S. The second kappa shape index (κ2) is 8.71.